The van der Waals surface area contributed by atoms with E-state index in [1.165, 1.54) is 44.9 Å². The molecule has 0 aliphatic carbocycles. The van der Waals surface area contributed by atoms with Crippen molar-refractivity contribution < 1.29 is 9.59 Å². The molecular formula is C25H41N3O2. The standard InChI is InChI=1S/C25H41N3O2/c1-4-5-6-7-8-9-10-11-12-15-24(29)26-21-16-17-23(27(2)3)22(20-21)25(30)28-18-13-14-19-28/h16-17,20H,4-15,18-19H2,1-3H3,(H,26,29). The minimum atomic E-state index is 0.0371. The maximum atomic E-state index is 13.0. The van der Waals surface area contributed by atoms with Crippen LogP contribution in [0, 0.1) is 0 Å². The highest BCUT2D eigenvalue weighted by atomic mass is 16.2. The summed E-state index contributed by atoms with van der Waals surface area (Å²) in [5.41, 5.74) is 2.27. The number of carbonyl (C=O) groups excluding carboxylic acids is 2. The van der Waals surface area contributed by atoms with Crippen molar-refractivity contribution in [2.75, 3.05) is 37.4 Å². The highest BCUT2D eigenvalue weighted by molar-refractivity contribution is 6.02. The van der Waals surface area contributed by atoms with E-state index in [1.54, 1.807) is 0 Å². The van der Waals surface area contributed by atoms with Crippen molar-refractivity contribution in [1.29, 1.82) is 0 Å². The Kier molecular flexibility index (Phi) is 10.7. The third-order valence-electron chi connectivity index (χ3n) is 5.89. The van der Waals surface area contributed by atoms with Gasteiger partial charge in [-0.3, -0.25) is 9.59 Å². The first-order valence-corrected chi connectivity index (χ1v) is 11.9. The van der Waals surface area contributed by atoms with Crippen LogP contribution >= 0.6 is 0 Å². The number of likely N-dealkylation sites (tertiary alicyclic amines) is 1. The van der Waals surface area contributed by atoms with Crippen LogP contribution in [0.25, 0.3) is 0 Å². The lowest BCUT2D eigenvalue weighted by molar-refractivity contribution is -0.116. The molecule has 0 unspecified atom stereocenters. The molecule has 168 valence electrons. The van der Waals surface area contributed by atoms with Crippen molar-refractivity contribution in [2.24, 2.45) is 0 Å². The first kappa shape index (κ1) is 24.2. The Morgan fingerprint density at radius 3 is 2.13 bits per heavy atom. The van der Waals surface area contributed by atoms with Crippen molar-refractivity contribution in [3.63, 3.8) is 0 Å². The summed E-state index contributed by atoms with van der Waals surface area (Å²) in [4.78, 5) is 29.2. The number of carbonyl (C=O) groups is 2. The number of hydrogen-bond acceptors (Lipinski definition) is 3. The maximum Gasteiger partial charge on any atom is 0.256 e. The van der Waals surface area contributed by atoms with Crippen molar-refractivity contribution in [3.05, 3.63) is 23.8 Å². The monoisotopic (exact) mass is 415 g/mol. The Hall–Kier alpha value is -2.04. The Bertz CT molecular complexity index is 666. The van der Waals surface area contributed by atoms with Gasteiger partial charge in [0.2, 0.25) is 5.91 Å². The molecule has 0 bridgehead atoms. The van der Waals surface area contributed by atoms with Gasteiger partial charge in [0, 0.05) is 45.0 Å². The third kappa shape index (κ3) is 8.00. The normalized spacial score (nSPS) is 13.5. The first-order valence-electron chi connectivity index (χ1n) is 11.9. The number of benzene rings is 1. The zero-order valence-corrected chi connectivity index (χ0v) is 19.3. The molecule has 0 radical (unpaired) electrons. The molecule has 1 saturated heterocycles. The molecule has 1 aliphatic heterocycles. The Balaban J connectivity index is 1.79. The summed E-state index contributed by atoms with van der Waals surface area (Å²) >= 11 is 0. The van der Waals surface area contributed by atoms with Gasteiger partial charge in [-0.1, -0.05) is 58.3 Å². The zero-order valence-electron chi connectivity index (χ0n) is 19.3. The molecular weight excluding hydrogens is 374 g/mol. The van der Waals surface area contributed by atoms with Gasteiger partial charge in [0.15, 0.2) is 0 Å². The molecule has 1 aromatic rings. The molecule has 1 aliphatic rings. The van der Waals surface area contributed by atoms with Gasteiger partial charge >= 0.3 is 0 Å². The molecule has 0 atom stereocenters. The average molecular weight is 416 g/mol. The molecule has 1 fully saturated rings. The van der Waals surface area contributed by atoms with Gasteiger partial charge in [0.05, 0.1) is 5.56 Å². The maximum absolute atomic E-state index is 13.0. The van der Waals surface area contributed by atoms with E-state index in [9.17, 15) is 9.59 Å². The molecule has 2 rings (SSSR count). The number of nitrogens with one attached hydrogen (secondary N) is 1. The summed E-state index contributed by atoms with van der Waals surface area (Å²) in [6.07, 6.45) is 13.9. The number of hydrogen-bond donors (Lipinski definition) is 1. The molecule has 5 heteroatoms. The van der Waals surface area contributed by atoms with Gasteiger partial charge in [-0.25, -0.2) is 0 Å². The third-order valence-corrected chi connectivity index (χ3v) is 5.89. The van der Waals surface area contributed by atoms with Crippen LogP contribution in [0.3, 0.4) is 0 Å². The van der Waals surface area contributed by atoms with E-state index in [2.05, 4.69) is 12.2 Å². The van der Waals surface area contributed by atoms with E-state index >= 15 is 0 Å². The quantitative estimate of drug-likeness (QED) is 0.411. The summed E-state index contributed by atoms with van der Waals surface area (Å²) in [6.45, 7) is 3.88. The number of unbranched alkanes of at least 4 members (excludes halogenated alkanes) is 8. The molecule has 0 saturated carbocycles. The second kappa shape index (κ2) is 13.3. The van der Waals surface area contributed by atoms with E-state index in [-0.39, 0.29) is 11.8 Å². The fourth-order valence-corrected chi connectivity index (χ4v) is 4.09. The van der Waals surface area contributed by atoms with E-state index in [4.69, 9.17) is 0 Å². The van der Waals surface area contributed by atoms with E-state index in [0.29, 0.717) is 17.7 Å². The average Bonchev–Trinajstić information content (AvgIpc) is 3.26. The van der Waals surface area contributed by atoms with Gasteiger partial charge in [0.25, 0.3) is 5.91 Å². The Labute approximate surface area is 183 Å². The van der Waals surface area contributed by atoms with Gasteiger partial charge in [-0.2, -0.15) is 0 Å². The second-order valence-corrected chi connectivity index (χ2v) is 8.75. The number of anilines is 2. The van der Waals surface area contributed by atoms with Crippen LogP contribution in [0.2, 0.25) is 0 Å². The molecule has 2 amide bonds. The van der Waals surface area contributed by atoms with Crippen LogP contribution in [0.1, 0.15) is 94.3 Å². The highest BCUT2D eigenvalue weighted by Crippen LogP contribution is 2.26. The highest BCUT2D eigenvalue weighted by Gasteiger charge is 2.23. The molecule has 1 N–H and O–H groups in total. The molecule has 1 aromatic carbocycles. The van der Waals surface area contributed by atoms with Crippen molar-refractivity contribution in [2.45, 2.75) is 84.0 Å². The predicted molar refractivity (Wildman–Crippen MR) is 126 cm³/mol. The SMILES string of the molecule is CCCCCCCCCCCC(=O)Nc1ccc(N(C)C)c(C(=O)N2CCCC2)c1. The number of amides is 2. The molecule has 0 spiro atoms. The summed E-state index contributed by atoms with van der Waals surface area (Å²) < 4.78 is 0. The fraction of sp³-hybridized carbons (Fsp3) is 0.680. The largest absolute Gasteiger partial charge is 0.377 e. The number of rotatable bonds is 13. The van der Waals surface area contributed by atoms with Gasteiger partial charge in [-0.05, 0) is 37.5 Å². The first-order chi connectivity index (χ1) is 14.5. The van der Waals surface area contributed by atoms with Crippen molar-refractivity contribution >= 4 is 23.2 Å². The fourth-order valence-electron chi connectivity index (χ4n) is 4.09. The van der Waals surface area contributed by atoms with Gasteiger partial charge in [-0.15, -0.1) is 0 Å². The molecule has 0 aromatic heterocycles. The van der Waals surface area contributed by atoms with Gasteiger partial charge in [0.1, 0.15) is 0 Å². The summed E-state index contributed by atoms with van der Waals surface area (Å²) in [5, 5.41) is 2.99. The van der Waals surface area contributed by atoms with E-state index < -0.39 is 0 Å². The Morgan fingerprint density at radius 2 is 1.53 bits per heavy atom. The summed E-state index contributed by atoms with van der Waals surface area (Å²) in [7, 11) is 3.89. The second-order valence-electron chi connectivity index (χ2n) is 8.75. The summed E-state index contributed by atoms with van der Waals surface area (Å²) in [6, 6.07) is 5.66. The van der Waals surface area contributed by atoms with Crippen molar-refractivity contribution in [3.8, 4) is 0 Å². The van der Waals surface area contributed by atoms with Crippen molar-refractivity contribution in [1.82, 2.24) is 4.90 Å². The van der Waals surface area contributed by atoms with Crippen LogP contribution in [0.4, 0.5) is 11.4 Å². The topological polar surface area (TPSA) is 52.7 Å². The molecule has 1 heterocycles. The van der Waals surface area contributed by atoms with Crippen LogP contribution in [-0.4, -0.2) is 43.9 Å². The van der Waals surface area contributed by atoms with Gasteiger partial charge < -0.3 is 15.1 Å². The van der Waals surface area contributed by atoms with Crippen LogP contribution in [0.15, 0.2) is 18.2 Å². The minimum Gasteiger partial charge on any atom is -0.377 e. The van der Waals surface area contributed by atoms with Crippen LogP contribution in [0.5, 0.6) is 0 Å². The van der Waals surface area contributed by atoms with Crippen LogP contribution < -0.4 is 10.2 Å². The van der Waals surface area contributed by atoms with Crippen LogP contribution in [-0.2, 0) is 4.79 Å². The lowest BCUT2D eigenvalue weighted by Crippen LogP contribution is -2.29. The lowest BCUT2D eigenvalue weighted by Gasteiger charge is -2.22. The predicted octanol–water partition coefficient (Wildman–Crippen LogP) is 5.85. The van der Waals surface area contributed by atoms with E-state index in [1.807, 2.05) is 42.1 Å². The minimum absolute atomic E-state index is 0.0371. The smallest absolute Gasteiger partial charge is 0.256 e. The Morgan fingerprint density at radius 1 is 0.933 bits per heavy atom. The van der Waals surface area contributed by atoms with E-state index in [0.717, 1.165) is 44.5 Å². The zero-order chi connectivity index (χ0) is 21.8. The molecule has 5 nitrogen and oxygen atoms in total. The lowest BCUT2D eigenvalue weighted by atomic mass is 10.1. The number of nitrogens with zero attached hydrogens (tertiary/aromatic N) is 2. The molecule has 30 heavy (non-hydrogen) atoms. The summed E-state index contributed by atoms with van der Waals surface area (Å²) in [5.74, 6) is 0.0985.